The molecule has 0 aliphatic carbocycles. The summed E-state index contributed by atoms with van der Waals surface area (Å²) in [6, 6.07) is 11.8. The summed E-state index contributed by atoms with van der Waals surface area (Å²) in [7, 11) is 6.54. The van der Waals surface area contributed by atoms with Crippen LogP contribution in [-0.4, -0.2) is 39.1 Å². The molecule has 0 bridgehead atoms. The quantitative estimate of drug-likeness (QED) is 0.525. The normalized spacial score (nSPS) is 15.6. The van der Waals surface area contributed by atoms with E-state index in [4.69, 9.17) is 24.0 Å². The molecule has 4 rings (SSSR count). The summed E-state index contributed by atoms with van der Waals surface area (Å²) in [4.78, 5) is 4.67. The van der Waals surface area contributed by atoms with Crippen LogP contribution in [0.1, 0.15) is 29.3 Å². The van der Waals surface area contributed by atoms with E-state index in [-0.39, 0.29) is 6.04 Å². The van der Waals surface area contributed by atoms with E-state index in [1.54, 1.807) is 39.8 Å². The van der Waals surface area contributed by atoms with Crippen molar-refractivity contribution in [3.63, 3.8) is 0 Å². The van der Waals surface area contributed by atoms with Crippen molar-refractivity contribution in [2.24, 2.45) is 5.10 Å². The first kappa shape index (κ1) is 21.0. The molecule has 0 amide bonds. The summed E-state index contributed by atoms with van der Waals surface area (Å²) in [5.74, 6) is 2.75. The number of nitrogens with zero attached hydrogens (tertiary/aromatic N) is 3. The van der Waals surface area contributed by atoms with Crippen molar-refractivity contribution < 1.29 is 18.9 Å². The molecule has 1 unspecified atom stereocenters. The monoisotopic (exact) mass is 439 g/mol. The lowest BCUT2D eigenvalue weighted by atomic mass is 9.98. The Kier molecular flexibility index (Phi) is 5.99. The molecule has 8 heteroatoms. The Hall–Kier alpha value is -3.26. The molecule has 0 saturated heterocycles. The van der Waals surface area contributed by atoms with E-state index in [9.17, 15) is 0 Å². The Morgan fingerprint density at radius 2 is 1.52 bits per heavy atom. The topological polar surface area (TPSA) is 65.4 Å². The summed E-state index contributed by atoms with van der Waals surface area (Å²) < 4.78 is 21.8. The Labute approximate surface area is 185 Å². The van der Waals surface area contributed by atoms with Gasteiger partial charge in [0, 0.05) is 17.4 Å². The number of aryl methyl sites for hydroxylation is 1. The Morgan fingerprint density at radius 1 is 0.871 bits per heavy atom. The van der Waals surface area contributed by atoms with E-state index in [1.165, 1.54) is 0 Å². The minimum absolute atomic E-state index is 0.0200. The van der Waals surface area contributed by atoms with E-state index >= 15 is 0 Å². The van der Waals surface area contributed by atoms with E-state index < -0.39 is 0 Å². The third-order valence-electron chi connectivity index (χ3n) is 5.22. The molecule has 162 valence electrons. The number of anilines is 1. The highest BCUT2D eigenvalue weighted by molar-refractivity contribution is 7.13. The number of hydrogen-bond acceptors (Lipinski definition) is 8. The van der Waals surface area contributed by atoms with Gasteiger partial charge in [0.25, 0.3) is 0 Å². The number of thiazole rings is 1. The minimum Gasteiger partial charge on any atom is -0.493 e. The lowest BCUT2D eigenvalue weighted by Gasteiger charge is -2.22. The van der Waals surface area contributed by atoms with Crippen LogP contribution in [0.3, 0.4) is 0 Å². The molecule has 0 N–H and O–H groups in total. The van der Waals surface area contributed by atoms with E-state index in [1.807, 2.05) is 53.7 Å². The Bertz CT molecular complexity index is 1110. The van der Waals surface area contributed by atoms with Gasteiger partial charge in [0.15, 0.2) is 23.0 Å². The lowest BCUT2D eigenvalue weighted by Crippen LogP contribution is -2.18. The summed E-state index contributed by atoms with van der Waals surface area (Å²) in [5.41, 5.74) is 3.98. The number of hydrazone groups is 1. The van der Waals surface area contributed by atoms with Crippen molar-refractivity contribution in [2.45, 2.75) is 19.4 Å². The maximum absolute atomic E-state index is 5.52. The van der Waals surface area contributed by atoms with Gasteiger partial charge in [-0.1, -0.05) is 6.07 Å². The van der Waals surface area contributed by atoms with Crippen molar-refractivity contribution in [1.82, 2.24) is 4.98 Å². The highest BCUT2D eigenvalue weighted by atomic mass is 32.1. The fourth-order valence-electron chi connectivity index (χ4n) is 3.64. The first-order valence-electron chi connectivity index (χ1n) is 9.81. The van der Waals surface area contributed by atoms with Crippen LogP contribution in [0, 0.1) is 6.92 Å². The number of ether oxygens (including phenoxy) is 4. The molecule has 3 aromatic rings. The van der Waals surface area contributed by atoms with Gasteiger partial charge < -0.3 is 18.9 Å². The van der Waals surface area contributed by atoms with Crippen molar-refractivity contribution in [3.8, 4) is 23.0 Å². The Morgan fingerprint density at radius 3 is 2.13 bits per heavy atom. The Balaban J connectivity index is 1.75. The predicted octanol–water partition coefficient (Wildman–Crippen LogP) is 4.84. The number of hydrogen-bond donors (Lipinski definition) is 0. The molecule has 7 nitrogen and oxygen atoms in total. The standard InChI is InChI=1S/C23H25N3O4S/c1-14-13-31-23(24-14)26-18(16-7-9-20(28-3)22(11-16)30-5)12-17(25-26)15-6-8-19(27-2)21(10-15)29-4/h6-11,13,18H,12H2,1-5H3. The zero-order valence-electron chi connectivity index (χ0n) is 18.2. The molecular weight excluding hydrogens is 414 g/mol. The average Bonchev–Trinajstić information content (AvgIpc) is 3.44. The van der Waals surface area contributed by atoms with Gasteiger partial charge in [-0.05, 0) is 42.8 Å². The van der Waals surface area contributed by atoms with Gasteiger partial charge in [0.1, 0.15) is 0 Å². The molecular formula is C23H25N3O4S. The maximum atomic E-state index is 5.52. The van der Waals surface area contributed by atoms with Crippen LogP contribution in [-0.2, 0) is 0 Å². The SMILES string of the molecule is COc1ccc(C2=NN(c3nc(C)cs3)C(c3ccc(OC)c(OC)c3)C2)cc1OC. The van der Waals surface area contributed by atoms with E-state index in [2.05, 4.69) is 4.98 Å². The molecule has 2 heterocycles. The molecule has 0 saturated carbocycles. The first-order chi connectivity index (χ1) is 15.1. The highest BCUT2D eigenvalue weighted by Gasteiger charge is 2.32. The van der Waals surface area contributed by atoms with Crippen molar-refractivity contribution in [3.05, 3.63) is 58.6 Å². The van der Waals surface area contributed by atoms with Crippen LogP contribution >= 0.6 is 11.3 Å². The van der Waals surface area contributed by atoms with Gasteiger partial charge in [-0.15, -0.1) is 11.3 Å². The first-order valence-corrected chi connectivity index (χ1v) is 10.7. The smallest absolute Gasteiger partial charge is 0.206 e. The van der Waals surface area contributed by atoms with Crippen molar-refractivity contribution in [2.75, 3.05) is 33.4 Å². The number of methoxy groups -OCH3 is 4. The molecule has 1 aliphatic heterocycles. The highest BCUT2D eigenvalue weighted by Crippen LogP contribution is 2.41. The average molecular weight is 440 g/mol. The van der Waals surface area contributed by atoms with Crippen LogP contribution < -0.4 is 24.0 Å². The fourth-order valence-corrected chi connectivity index (χ4v) is 4.44. The zero-order valence-corrected chi connectivity index (χ0v) is 19.0. The molecule has 1 aliphatic rings. The molecule has 31 heavy (non-hydrogen) atoms. The van der Waals surface area contributed by atoms with Crippen molar-refractivity contribution in [1.29, 1.82) is 0 Å². The molecule has 0 fully saturated rings. The summed E-state index contributed by atoms with van der Waals surface area (Å²) >= 11 is 1.58. The fraction of sp³-hybridized carbons (Fsp3) is 0.304. The van der Waals surface area contributed by atoms with Crippen LogP contribution in [0.2, 0.25) is 0 Å². The molecule has 0 radical (unpaired) electrons. The number of aromatic nitrogens is 1. The molecule has 2 aromatic carbocycles. The van der Waals surface area contributed by atoms with Crippen LogP contribution in [0.4, 0.5) is 5.13 Å². The molecule has 1 aromatic heterocycles. The summed E-state index contributed by atoms with van der Waals surface area (Å²) in [6.07, 6.45) is 0.712. The van der Waals surface area contributed by atoms with Crippen LogP contribution in [0.5, 0.6) is 23.0 Å². The molecule has 0 spiro atoms. The van der Waals surface area contributed by atoms with Crippen molar-refractivity contribution >= 4 is 22.2 Å². The van der Waals surface area contributed by atoms with Gasteiger partial charge >= 0.3 is 0 Å². The van der Waals surface area contributed by atoms with Gasteiger partial charge in [-0.25, -0.2) is 9.99 Å². The zero-order chi connectivity index (χ0) is 22.0. The van der Waals surface area contributed by atoms with Crippen LogP contribution in [0.15, 0.2) is 46.9 Å². The second-order valence-electron chi connectivity index (χ2n) is 7.07. The molecule has 1 atom stereocenters. The second-order valence-corrected chi connectivity index (χ2v) is 7.90. The van der Waals surface area contributed by atoms with Gasteiger partial charge in [-0.2, -0.15) is 5.10 Å². The largest absolute Gasteiger partial charge is 0.493 e. The third-order valence-corrected chi connectivity index (χ3v) is 6.17. The third kappa shape index (κ3) is 4.03. The number of rotatable bonds is 7. The lowest BCUT2D eigenvalue weighted by molar-refractivity contribution is 0.354. The van der Waals surface area contributed by atoms with Gasteiger partial charge in [-0.3, -0.25) is 0 Å². The van der Waals surface area contributed by atoms with E-state index in [0.717, 1.165) is 27.7 Å². The predicted molar refractivity (Wildman–Crippen MR) is 122 cm³/mol. The number of benzene rings is 2. The maximum Gasteiger partial charge on any atom is 0.206 e. The summed E-state index contributed by atoms with van der Waals surface area (Å²) in [6.45, 7) is 1.99. The minimum atomic E-state index is -0.0200. The van der Waals surface area contributed by atoms with E-state index in [0.29, 0.717) is 29.4 Å². The van der Waals surface area contributed by atoms with Gasteiger partial charge in [0.05, 0.1) is 45.9 Å². The van der Waals surface area contributed by atoms with Gasteiger partial charge in [0.2, 0.25) is 5.13 Å². The summed E-state index contributed by atoms with van der Waals surface area (Å²) in [5, 5.41) is 9.84. The van der Waals surface area contributed by atoms with Crippen LogP contribution in [0.25, 0.3) is 0 Å². The second kappa shape index (κ2) is 8.85.